The van der Waals surface area contributed by atoms with Crippen molar-refractivity contribution in [2.45, 2.75) is 66.2 Å². The van der Waals surface area contributed by atoms with Gasteiger partial charge in [0.1, 0.15) is 0 Å². The van der Waals surface area contributed by atoms with Crippen LogP contribution in [0.25, 0.3) is 0 Å². The van der Waals surface area contributed by atoms with E-state index in [1.54, 1.807) is 5.56 Å². The minimum atomic E-state index is 1.15. The fourth-order valence-corrected chi connectivity index (χ4v) is 2.70. The predicted molar refractivity (Wildman–Crippen MR) is 98.5 cm³/mol. The van der Waals surface area contributed by atoms with Crippen molar-refractivity contribution in [1.29, 1.82) is 0 Å². The van der Waals surface area contributed by atoms with Crippen LogP contribution >= 0.6 is 0 Å². The van der Waals surface area contributed by atoms with Crippen molar-refractivity contribution < 1.29 is 0 Å². The second kappa shape index (κ2) is 12.5. The van der Waals surface area contributed by atoms with E-state index in [4.69, 9.17) is 0 Å². The Bertz CT molecular complexity index is 370. The van der Waals surface area contributed by atoms with E-state index in [1.165, 1.54) is 56.4 Å². The first-order valence-electron chi connectivity index (χ1n) is 8.72. The molecule has 0 spiro atoms. The van der Waals surface area contributed by atoms with E-state index in [0.717, 1.165) is 6.42 Å². The number of benzene rings is 1. The number of nitrogens with zero attached hydrogens (tertiary/aromatic N) is 1. The highest BCUT2D eigenvalue weighted by Gasteiger charge is 2.16. The number of rotatable bonds is 5. The highest BCUT2D eigenvalue weighted by atomic mass is 15.1. The average Bonchev–Trinajstić information content (AvgIpc) is 2.58. The van der Waals surface area contributed by atoms with Crippen LogP contribution in [-0.2, 0) is 12.8 Å². The van der Waals surface area contributed by atoms with E-state index >= 15 is 0 Å². The van der Waals surface area contributed by atoms with Gasteiger partial charge in [-0.15, -0.1) is 13.2 Å². The molecular formula is C20H35N. The summed E-state index contributed by atoms with van der Waals surface area (Å²) in [4.78, 5) is 2.60. The standard InChI is InChI=1S/C16H25N.C2H6.C2H4/c1-3-5-6-11-17-12-7-8-15-10-9-14(4-2)13-16(15)17;2*1-2/h9-10,13H,3-8,11-12H2,1-2H3;1-2H3;1-2H2. The molecule has 1 heteroatoms. The van der Waals surface area contributed by atoms with E-state index in [1.807, 2.05) is 13.8 Å². The van der Waals surface area contributed by atoms with Crippen LogP contribution in [0.3, 0.4) is 0 Å². The second-order valence-corrected chi connectivity index (χ2v) is 5.11. The average molecular weight is 290 g/mol. The molecule has 1 aromatic carbocycles. The summed E-state index contributed by atoms with van der Waals surface area (Å²) in [5.41, 5.74) is 4.56. The van der Waals surface area contributed by atoms with Gasteiger partial charge in [0.25, 0.3) is 0 Å². The molecule has 0 bridgehead atoms. The van der Waals surface area contributed by atoms with E-state index in [9.17, 15) is 0 Å². The Labute approximate surface area is 133 Å². The van der Waals surface area contributed by atoms with Gasteiger partial charge in [-0.05, 0) is 42.9 Å². The molecule has 0 unspecified atom stereocenters. The van der Waals surface area contributed by atoms with Gasteiger partial charge in [0.05, 0.1) is 0 Å². The first-order valence-corrected chi connectivity index (χ1v) is 8.72. The molecule has 120 valence electrons. The normalized spacial score (nSPS) is 12.5. The molecule has 0 atom stereocenters. The lowest BCUT2D eigenvalue weighted by Crippen LogP contribution is -2.30. The number of anilines is 1. The molecule has 0 amide bonds. The Hall–Kier alpha value is -1.24. The lowest BCUT2D eigenvalue weighted by molar-refractivity contribution is 0.637. The van der Waals surface area contributed by atoms with Gasteiger partial charge in [0, 0.05) is 18.8 Å². The van der Waals surface area contributed by atoms with E-state index in [0.29, 0.717) is 0 Å². The molecule has 0 aliphatic carbocycles. The zero-order chi connectivity index (χ0) is 16.1. The van der Waals surface area contributed by atoms with Gasteiger partial charge in [-0.25, -0.2) is 0 Å². The molecule has 1 heterocycles. The number of fused-ring (bicyclic) bond motifs is 1. The van der Waals surface area contributed by atoms with Crippen molar-refractivity contribution in [3.8, 4) is 0 Å². The highest BCUT2D eigenvalue weighted by Crippen LogP contribution is 2.28. The van der Waals surface area contributed by atoms with Gasteiger partial charge in [-0.3, -0.25) is 0 Å². The molecule has 0 aromatic heterocycles. The lowest BCUT2D eigenvalue weighted by Gasteiger charge is -2.32. The van der Waals surface area contributed by atoms with Crippen molar-refractivity contribution >= 4 is 5.69 Å². The maximum absolute atomic E-state index is 3.00. The zero-order valence-electron chi connectivity index (χ0n) is 14.8. The second-order valence-electron chi connectivity index (χ2n) is 5.11. The molecule has 2 rings (SSSR count). The van der Waals surface area contributed by atoms with Crippen molar-refractivity contribution in [2.75, 3.05) is 18.0 Å². The predicted octanol–water partition coefficient (Wildman–Crippen LogP) is 6.02. The summed E-state index contributed by atoms with van der Waals surface area (Å²) in [7, 11) is 0. The van der Waals surface area contributed by atoms with Gasteiger partial charge >= 0.3 is 0 Å². The van der Waals surface area contributed by atoms with Crippen molar-refractivity contribution in [3.63, 3.8) is 0 Å². The third-order valence-electron chi connectivity index (χ3n) is 3.80. The third-order valence-corrected chi connectivity index (χ3v) is 3.80. The topological polar surface area (TPSA) is 3.24 Å². The summed E-state index contributed by atoms with van der Waals surface area (Å²) < 4.78 is 0. The summed E-state index contributed by atoms with van der Waals surface area (Å²) >= 11 is 0. The summed E-state index contributed by atoms with van der Waals surface area (Å²) in [6.45, 7) is 17.0. The minimum Gasteiger partial charge on any atom is -0.371 e. The van der Waals surface area contributed by atoms with Gasteiger partial charge in [-0.2, -0.15) is 0 Å². The maximum atomic E-state index is 3.00. The molecule has 1 aliphatic rings. The van der Waals surface area contributed by atoms with Crippen LogP contribution in [0.5, 0.6) is 0 Å². The number of aryl methyl sites for hydroxylation is 2. The van der Waals surface area contributed by atoms with Crippen molar-refractivity contribution in [2.24, 2.45) is 0 Å². The SMILES string of the molecule is C=C.CC.CCCCCN1CCCc2ccc(CC)cc21. The van der Waals surface area contributed by atoms with Crippen molar-refractivity contribution in [3.05, 3.63) is 42.5 Å². The van der Waals surface area contributed by atoms with E-state index in [-0.39, 0.29) is 0 Å². The molecule has 21 heavy (non-hydrogen) atoms. The molecule has 0 radical (unpaired) electrons. The third kappa shape index (κ3) is 6.37. The quantitative estimate of drug-likeness (QED) is 0.473. The summed E-state index contributed by atoms with van der Waals surface area (Å²) in [6.07, 6.45) is 7.76. The number of unbranched alkanes of at least 4 members (excludes halogenated alkanes) is 2. The molecule has 0 saturated heterocycles. The maximum Gasteiger partial charge on any atom is 0.0401 e. The molecule has 0 fully saturated rings. The fourth-order valence-electron chi connectivity index (χ4n) is 2.70. The molecule has 1 aromatic rings. The molecule has 1 nitrogen and oxygen atoms in total. The molecular weight excluding hydrogens is 254 g/mol. The smallest absolute Gasteiger partial charge is 0.0401 e. The van der Waals surface area contributed by atoms with Crippen LogP contribution in [0.1, 0.15) is 64.5 Å². The Morgan fingerprint density at radius 1 is 1.10 bits per heavy atom. The largest absolute Gasteiger partial charge is 0.371 e. The summed E-state index contributed by atoms with van der Waals surface area (Å²) in [5.74, 6) is 0. The van der Waals surface area contributed by atoms with E-state index < -0.39 is 0 Å². The van der Waals surface area contributed by atoms with Crippen LogP contribution in [0, 0.1) is 0 Å². The first kappa shape index (κ1) is 19.8. The Morgan fingerprint density at radius 2 is 1.81 bits per heavy atom. The molecule has 1 aliphatic heterocycles. The lowest BCUT2D eigenvalue weighted by atomic mass is 9.98. The minimum absolute atomic E-state index is 1.15. The van der Waals surface area contributed by atoms with Gasteiger partial charge in [0.2, 0.25) is 0 Å². The monoisotopic (exact) mass is 289 g/mol. The van der Waals surface area contributed by atoms with E-state index in [2.05, 4.69) is 50.1 Å². The van der Waals surface area contributed by atoms with Crippen LogP contribution in [0.2, 0.25) is 0 Å². The Balaban J connectivity index is 0.000000921. The van der Waals surface area contributed by atoms with Crippen LogP contribution in [0.15, 0.2) is 31.4 Å². The van der Waals surface area contributed by atoms with Gasteiger partial charge < -0.3 is 4.90 Å². The first-order chi connectivity index (χ1) is 10.3. The molecule has 0 saturated carbocycles. The number of hydrogen-bond acceptors (Lipinski definition) is 1. The Kier molecular flexibility index (Phi) is 11.8. The number of hydrogen-bond donors (Lipinski definition) is 0. The van der Waals surface area contributed by atoms with Crippen LogP contribution < -0.4 is 4.90 Å². The Morgan fingerprint density at radius 3 is 2.43 bits per heavy atom. The molecule has 0 N–H and O–H groups in total. The summed E-state index contributed by atoms with van der Waals surface area (Å²) in [6, 6.07) is 7.06. The van der Waals surface area contributed by atoms with Crippen molar-refractivity contribution in [1.82, 2.24) is 0 Å². The zero-order valence-corrected chi connectivity index (χ0v) is 14.8. The highest BCUT2D eigenvalue weighted by molar-refractivity contribution is 5.57. The fraction of sp³-hybridized carbons (Fsp3) is 0.600. The van der Waals surface area contributed by atoms with Gasteiger partial charge in [0.15, 0.2) is 0 Å². The van der Waals surface area contributed by atoms with Crippen LogP contribution in [0.4, 0.5) is 5.69 Å². The summed E-state index contributed by atoms with van der Waals surface area (Å²) in [5, 5.41) is 0. The van der Waals surface area contributed by atoms with Gasteiger partial charge in [-0.1, -0.05) is 52.7 Å². The van der Waals surface area contributed by atoms with Crippen LogP contribution in [-0.4, -0.2) is 13.1 Å².